The Labute approximate surface area is 138 Å². The number of nitrogens with zero attached hydrogens (tertiary/aromatic N) is 3. The van der Waals surface area contributed by atoms with Crippen LogP contribution in [0.15, 0.2) is 36.7 Å². The van der Waals surface area contributed by atoms with Gasteiger partial charge in [0.05, 0.1) is 11.9 Å². The van der Waals surface area contributed by atoms with E-state index in [4.69, 9.17) is 17.3 Å². The average Bonchev–Trinajstić information content (AvgIpc) is 3.08. The summed E-state index contributed by atoms with van der Waals surface area (Å²) in [6.45, 7) is 0.644. The molecule has 1 aromatic heterocycles. The molecule has 1 fully saturated rings. The van der Waals surface area contributed by atoms with Crippen LogP contribution < -0.4 is 16.0 Å². The minimum Gasteiger partial charge on any atom is -0.371 e. The monoisotopic (exact) mass is 333 g/mol. The highest BCUT2D eigenvalue weighted by atomic mass is 35.5. The van der Waals surface area contributed by atoms with Gasteiger partial charge in [0.1, 0.15) is 12.6 Å². The number of hydrogen-bond donors (Lipinski definition) is 2. The Balaban J connectivity index is 1.66. The van der Waals surface area contributed by atoms with E-state index in [0.717, 1.165) is 5.69 Å². The highest BCUT2D eigenvalue weighted by Gasteiger charge is 2.32. The minimum absolute atomic E-state index is 0.00465. The smallest absolute Gasteiger partial charge is 0.249 e. The summed E-state index contributed by atoms with van der Waals surface area (Å²) in [6, 6.07) is 6.86. The van der Waals surface area contributed by atoms with Crippen molar-refractivity contribution in [2.24, 2.45) is 5.73 Å². The second-order valence-electron chi connectivity index (χ2n) is 5.34. The van der Waals surface area contributed by atoms with Crippen molar-refractivity contribution < 1.29 is 9.59 Å². The van der Waals surface area contributed by atoms with Crippen molar-refractivity contribution in [2.75, 3.05) is 16.8 Å². The van der Waals surface area contributed by atoms with Gasteiger partial charge in [-0.05, 0) is 30.7 Å². The molecule has 0 saturated carbocycles. The van der Waals surface area contributed by atoms with Gasteiger partial charge in [-0.15, -0.1) is 0 Å². The van der Waals surface area contributed by atoms with E-state index in [1.54, 1.807) is 29.4 Å². The molecule has 8 heteroatoms. The third kappa shape index (κ3) is 3.45. The molecule has 2 amide bonds. The van der Waals surface area contributed by atoms with Gasteiger partial charge < -0.3 is 16.0 Å². The minimum atomic E-state index is -0.467. The standard InChI is InChI=1S/C15H16ClN5O2/c16-10-1-3-12(4-2-10)21-6-5-13(15(21)23)19-11-7-18-20(8-11)9-14(17)22/h1-4,7-8,13,19H,5-6,9H2,(H2,17,22). The number of carbonyl (C=O) groups excluding carboxylic acids is 2. The maximum Gasteiger partial charge on any atom is 0.249 e. The number of rotatable bonds is 5. The van der Waals surface area contributed by atoms with Gasteiger partial charge in [0.15, 0.2) is 0 Å². The molecule has 2 aromatic rings. The Bertz CT molecular complexity index is 728. The van der Waals surface area contributed by atoms with Crippen LogP contribution in [0.25, 0.3) is 0 Å². The van der Waals surface area contributed by atoms with E-state index in [9.17, 15) is 9.59 Å². The zero-order valence-electron chi connectivity index (χ0n) is 12.3. The molecule has 1 saturated heterocycles. The van der Waals surface area contributed by atoms with Crippen molar-refractivity contribution in [1.29, 1.82) is 0 Å². The van der Waals surface area contributed by atoms with Gasteiger partial charge in [0, 0.05) is 23.5 Å². The normalized spacial score (nSPS) is 17.5. The van der Waals surface area contributed by atoms with Crippen LogP contribution in [-0.4, -0.2) is 34.2 Å². The van der Waals surface area contributed by atoms with Gasteiger partial charge in [-0.2, -0.15) is 5.10 Å². The quantitative estimate of drug-likeness (QED) is 0.861. The number of hydrogen-bond acceptors (Lipinski definition) is 4. The Morgan fingerprint density at radius 1 is 1.39 bits per heavy atom. The molecule has 1 aliphatic heterocycles. The zero-order valence-corrected chi connectivity index (χ0v) is 13.0. The molecule has 2 heterocycles. The van der Waals surface area contributed by atoms with E-state index in [0.29, 0.717) is 23.7 Å². The summed E-state index contributed by atoms with van der Waals surface area (Å²) in [5, 5.41) is 7.80. The van der Waals surface area contributed by atoms with Crippen LogP contribution in [0.4, 0.5) is 11.4 Å². The summed E-state index contributed by atoms with van der Waals surface area (Å²) in [5.41, 5.74) is 6.63. The topological polar surface area (TPSA) is 93.3 Å². The molecule has 23 heavy (non-hydrogen) atoms. The molecule has 0 bridgehead atoms. The number of aromatic nitrogens is 2. The first kappa shape index (κ1) is 15.4. The summed E-state index contributed by atoms with van der Waals surface area (Å²) in [7, 11) is 0. The zero-order chi connectivity index (χ0) is 16.4. The summed E-state index contributed by atoms with van der Waals surface area (Å²) >= 11 is 5.87. The third-order valence-corrected chi connectivity index (χ3v) is 3.89. The molecular formula is C15H16ClN5O2. The molecular weight excluding hydrogens is 318 g/mol. The number of primary amides is 1. The predicted octanol–water partition coefficient (Wildman–Crippen LogP) is 1.24. The summed E-state index contributed by atoms with van der Waals surface area (Å²) in [4.78, 5) is 25.1. The molecule has 1 atom stereocenters. The largest absolute Gasteiger partial charge is 0.371 e. The van der Waals surface area contributed by atoms with Crippen LogP contribution in [0, 0.1) is 0 Å². The van der Waals surface area contributed by atoms with E-state index >= 15 is 0 Å². The summed E-state index contributed by atoms with van der Waals surface area (Å²) in [6.07, 6.45) is 3.91. The number of carbonyl (C=O) groups is 2. The molecule has 7 nitrogen and oxygen atoms in total. The Hall–Kier alpha value is -2.54. The van der Waals surface area contributed by atoms with Crippen LogP contribution in [0.1, 0.15) is 6.42 Å². The van der Waals surface area contributed by atoms with Gasteiger partial charge in [-0.3, -0.25) is 14.3 Å². The van der Waals surface area contributed by atoms with Gasteiger partial charge in [0.2, 0.25) is 11.8 Å². The van der Waals surface area contributed by atoms with Crippen molar-refractivity contribution in [2.45, 2.75) is 19.0 Å². The number of anilines is 2. The first-order valence-electron chi connectivity index (χ1n) is 7.17. The first-order valence-corrected chi connectivity index (χ1v) is 7.55. The molecule has 1 aliphatic rings. The lowest BCUT2D eigenvalue weighted by Gasteiger charge is -2.17. The number of nitrogens with one attached hydrogen (secondary N) is 1. The third-order valence-electron chi connectivity index (χ3n) is 3.64. The van der Waals surface area contributed by atoms with Crippen molar-refractivity contribution in [3.05, 3.63) is 41.7 Å². The van der Waals surface area contributed by atoms with Crippen LogP contribution >= 0.6 is 11.6 Å². The van der Waals surface area contributed by atoms with E-state index in [1.165, 1.54) is 4.68 Å². The highest BCUT2D eigenvalue weighted by molar-refractivity contribution is 6.30. The van der Waals surface area contributed by atoms with Gasteiger partial charge in [-0.25, -0.2) is 0 Å². The molecule has 0 spiro atoms. The second-order valence-corrected chi connectivity index (χ2v) is 5.78. The van der Waals surface area contributed by atoms with Crippen LogP contribution in [0.2, 0.25) is 5.02 Å². The van der Waals surface area contributed by atoms with Crippen LogP contribution in [0.5, 0.6) is 0 Å². The van der Waals surface area contributed by atoms with Gasteiger partial charge >= 0.3 is 0 Å². The molecule has 120 valence electrons. The Kier molecular flexibility index (Phi) is 4.20. The predicted molar refractivity (Wildman–Crippen MR) is 87.3 cm³/mol. The SMILES string of the molecule is NC(=O)Cn1cc(NC2CCN(c3ccc(Cl)cc3)C2=O)cn1. The summed E-state index contributed by atoms with van der Waals surface area (Å²) < 4.78 is 1.43. The number of nitrogens with two attached hydrogens (primary N) is 1. The molecule has 3 rings (SSSR count). The number of benzene rings is 1. The van der Waals surface area contributed by atoms with Crippen molar-refractivity contribution in [3.8, 4) is 0 Å². The van der Waals surface area contributed by atoms with E-state index < -0.39 is 5.91 Å². The van der Waals surface area contributed by atoms with E-state index in [2.05, 4.69) is 10.4 Å². The molecule has 3 N–H and O–H groups in total. The van der Waals surface area contributed by atoms with Gasteiger partial charge in [0.25, 0.3) is 0 Å². The highest BCUT2D eigenvalue weighted by Crippen LogP contribution is 2.25. The van der Waals surface area contributed by atoms with Crippen LogP contribution in [0.3, 0.4) is 0 Å². The lowest BCUT2D eigenvalue weighted by molar-refractivity contribution is -0.119. The molecule has 0 radical (unpaired) electrons. The molecule has 0 aliphatic carbocycles. The molecule has 1 aromatic carbocycles. The van der Waals surface area contributed by atoms with Crippen molar-refractivity contribution in [1.82, 2.24) is 9.78 Å². The van der Waals surface area contributed by atoms with Crippen molar-refractivity contribution in [3.63, 3.8) is 0 Å². The first-order chi connectivity index (χ1) is 11.0. The van der Waals surface area contributed by atoms with Crippen LogP contribution in [-0.2, 0) is 16.1 Å². The number of halogens is 1. The fourth-order valence-corrected chi connectivity index (χ4v) is 2.70. The number of amides is 2. The summed E-state index contributed by atoms with van der Waals surface area (Å²) in [5.74, 6) is -0.472. The lowest BCUT2D eigenvalue weighted by Crippen LogP contribution is -2.33. The fraction of sp³-hybridized carbons (Fsp3) is 0.267. The van der Waals surface area contributed by atoms with E-state index in [1.807, 2.05) is 12.1 Å². The average molecular weight is 334 g/mol. The Morgan fingerprint density at radius 3 is 2.83 bits per heavy atom. The van der Waals surface area contributed by atoms with Gasteiger partial charge in [-0.1, -0.05) is 11.6 Å². The fourth-order valence-electron chi connectivity index (χ4n) is 2.58. The maximum absolute atomic E-state index is 12.5. The lowest BCUT2D eigenvalue weighted by atomic mass is 10.2. The Morgan fingerprint density at radius 2 is 2.13 bits per heavy atom. The van der Waals surface area contributed by atoms with Crippen molar-refractivity contribution >= 4 is 34.8 Å². The molecule has 1 unspecified atom stereocenters. The maximum atomic E-state index is 12.5. The second kappa shape index (κ2) is 6.29. The van der Waals surface area contributed by atoms with E-state index in [-0.39, 0.29) is 18.5 Å².